The van der Waals surface area contributed by atoms with Crippen LogP contribution in [0.5, 0.6) is 0 Å². The van der Waals surface area contributed by atoms with Crippen LogP contribution >= 0.6 is 0 Å². The van der Waals surface area contributed by atoms with Gasteiger partial charge in [0.15, 0.2) is 0 Å². The number of nitrogens with one attached hydrogen (secondary N) is 1. The lowest BCUT2D eigenvalue weighted by molar-refractivity contribution is -0.157. The first-order valence-corrected chi connectivity index (χ1v) is 3.83. The van der Waals surface area contributed by atoms with E-state index in [0.717, 1.165) is 0 Å². The molecule has 1 atom stereocenters. The number of methoxy groups -OCH3 is 1. The molecule has 0 aromatic rings. The van der Waals surface area contributed by atoms with Crippen molar-refractivity contribution in [3.05, 3.63) is 0 Å². The molecule has 0 aromatic heterocycles. The molecule has 12 heavy (non-hydrogen) atoms. The number of carbonyl (C=O) groups excluding carboxylic acids is 2. The molecule has 0 heterocycles. The maximum Gasteiger partial charge on any atom is 0.321 e. The third-order valence-corrected chi connectivity index (χ3v) is 2.07. The van der Waals surface area contributed by atoms with Crippen LogP contribution in [0.1, 0.15) is 20.3 Å². The van der Waals surface area contributed by atoms with Crippen molar-refractivity contribution < 1.29 is 14.3 Å². The van der Waals surface area contributed by atoms with E-state index in [1.165, 1.54) is 14.2 Å². The second-order valence-corrected chi connectivity index (χ2v) is 2.76. The monoisotopic (exact) mass is 173 g/mol. The molecule has 4 nitrogen and oxygen atoms in total. The number of hydrogen-bond donors (Lipinski definition) is 1. The van der Waals surface area contributed by atoms with Crippen molar-refractivity contribution in [2.75, 3.05) is 14.2 Å². The summed E-state index contributed by atoms with van der Waals surface area (Å²) in [5, 5.41) is 2.43. The molecular formula is C8H15NO3. The summed E-state index contributed by atoms with van der Waals surface area (Å²) in [5.74, 6) is -0.804. The van der Waals surface area contributed by atoms with E-state index in [-0.39, 0.29) is 5.91 Å². The lowest BCUT2D eigenvalue weighted by Gasteiger charge is -2.22. The highest BCUT2D eigenvalue weighted by Crippen LogP contribution is 2.22. The number of rotatable bonds is 3. The van der Waals surface area contributed by atoms with Gasteiger partial charge in [-0.3, -0.25) is 9.59 Å². The number of carbonyl (C=O) groups is 2. The van der Waals surface area contributed by atoms with Gasteiger partial charge in [0.25, 0.3) is 0 Å². The number of ether oxygens (including phenoxy) is 1. The van der Waals surface area contributed by atoms with Crippen LogP contribution in [0.4, 0.5) is 0 Å². The first kappa shape index (κ1) is 10.9. The smallest absolute Gasteiger partial charge is 0.321 e. The zero-order valence-electron chi connectivity index (χ0n) is 7.93. The van der Waals surface area contributed by atoms with E-state index in [2.05, 4.69) is 10.1 Å². The maximum absolute atomic E-state index is 11.3. The van der Waals surface area contributed by atoms with E-state index in [1.807, 2.05) is 0 Å². The lowest BCUT2D eigenvalue weighted by atomic mass is 9.87. The molecule has 1 amide bonds. The van der Waals surface area contributed by atoms with Crippen LogP contribution in [-0.4, -0.2) is 26.0 Å². The molecular weight excluding hydrogens is 158 g/mol. The number of amides is 1. The van der Waals surface area contributed by atoms with Crippen molar-refractivity contribution in [3.63, 3.8) is 0 Å². The average Bonchev–Trinajstić information content (AvgIpc) is 2.13. The standard InChI is InChI=1S/C8H15NO3/c1-5-8(2,6(10)9-3)7(11)12-4/h5H2,1-4H3,(H,9,10). The van der Waals surface area contributed by atoms with Gasteiger partial charge >= 0.3 is 5.97 Å². The van der Waals surface area contributed by atoms with Crippen LogP contribution < -0.4 is 5.32 Å². The Morgan fingerprint density at radius 2 is 2.00 bits per heavy atom. The Morgan fingerprint density at radius 3 is 2.25 bits per heavy atom. The van der Waals surface area contributed by atoms with Crippen LogP contribution in [-0.2, 0) is 14.3 Å². The van der Waals surface area contributed by atoms with Gasteiger partial charge in [0.2, 0.25) is 5.91 Å². The highest BCUT2D eigenvalue weighted by molar-refractivity contribution is 6.02. The summed E-state index contributed by atoms with van der Waals surface area (Å²) in [6.45, 7) is 3.34. The largest absolute Gasteiger partial charge is 0.468 e. The topological polar surface area (TPSA) is 55.4 Å². The predicted octanol–water partition coefficient (Wildman–Crippen LogP) is 0.322. The molecule has 0 bridgehead atoms. The predicted molar refractivity (Wildman–Crippen MR) is 44.5 cm³/mol. The second kappa shape index (κ2) is 4.09. The van der Waals surface area contributed by atoms with E-state index in [4.69, 9.17) is 0 Å². The van der Waals surface area contributed by atoms with Crippen LogP contribution in [0.2, 0.25) is 0 Å². The Hall–Kier alpha value is -1.06. The quantitative estimate of drug-likeness (QED) is 0.494. The van der Waals surface area contributed by atoms with E-state index in [1.54, 1.807) is 13.8 Å². The molecule has 0 aliphatic carbocycles. The minimum absolute atomic E-state index is 0.308. The average molecular weight is 173 g/mol. The molecule has 1 unspecified atom stereocenters. The fourth-order valence-electron chi connectivity index (χ4n) is 0.899. The van der Waals surface area contributed by atoms with E-state index in [9.17, 15) is 9.59 Å². The van der Waals surface area contributed by atoms with Crippen molar-refractivity contribution in [1.29, 1.82) is 0 Å². The van der Waals surface area contributed by atoms with Crippen molar-refractivity contribution in [3.8, 4) is 0 Å². The van der Waals surface area contributed by atoms with Gasteiger partial charge in [0, 0.05) is 7.05 Å². The van der Waals surface area contributed by atoms with Crippen molar-refractivity contribution in [1.82, 2.24) is 5.32 Å². The Morgan fingerprint density at radius 1 is 1.50 bits per heavy atom. The summed E-state index contributed by atoms with van der Waals surface area (Å²) in [6, 6.07) is 0. The molecule has 0 radical (unpaired) electrons. The third-order valence-electron chi connectivity index (χ3n) is 2.07. The Labute approximate surface area is 72.3 Å². The Kier molecular flexibility index (Phi) is 3.73. The molecule has 0 saturated heterocycles. The maximum atomic E-state index is 11.3. The zero-order chi connectivity index (χ0) is 9.78. The zero-order valence-corrected chi connectivity index (χ0v) is 7.93. The van der Waals surface area contributed by atoms with Crippen molar-refractivity contribution in [2.24, 2.45) is 5.41 Å². The summed E-state index contributed by atoms with van der Waals surface area (Å²) in [5.41, 5.74) is -1.05. The van der Waals surface area contributed by atoms with Gasteiger partial charge in [0.05, 0.1) is 7.11 Å². The summed E-state index contributed by atoms with van der Waals surface area (Å²) in [7, 11) is 2.78. The fourth-order valence-corrected chi connectivity index (χ4v) is 0.899. The van der Waals surface area contributed by atoms with Gasteiger partial charge in [0.1, 0.15) is 5.41 Å². The molecule has 0 saturated carbocycles. The van der Waals surface area contributed by atoms with Crippen molar-refractivity contribution in [2.45, 2.75) is 20.3 Å². The Balaban J connectivity index is 4.66. The summed E-state index contributed by atoms with van der Waals surface area (Å²) in [4.78, 5) is 22.4. The molecule has 0 spiro atoms. The van der Waals surface area contributed by atoms with Crippen LogP contribution in [0.25, 0.3) is 0 Å². The molecule has 0 aliphatic rings. The van der Waals surface area contributed by atoms with Crippen LogP contribution in [0, 0.1) is 5.41 Å². The molecule has 0 fully saturated rings. The molecule has 0 rings (SSSR count). The van der Waals surface area contributed by atoms with Crippen LogP contribution in [0.15, 0.2) is 0 Å². The lowest BCUT2D eigenvalue weighted by Crippen LogP contribution is -2.43. The summed E-state index contributed by atoms with van der Waals surface area (Å²) in [6.07, 6.45) is 0.430. The van der Waals surface area contributed by atoms with Gasteiger partial charge in [-0.15, -0.1) is 0 Å². The number of esters is 1. The fraction of sp³-hybridized carbons (Fsp3) is 0.750. The second-order valence-electron chi connectivity index (χ2n) is 2.76. The minimum Gasteiger partial charge on any atom is -0.468 e. The van der Waals surface area contributed by atoms with Gasteiger partial charge in [-0.05, 0) is 13.3 Å². The highest BCUT2D eigenvalue weighted by Gasteiger charge is 2.39. The normalized spacial score (nSPS) is 14.7. The first-order chi connectivity index (χ1) is 5.52. The van der Waals surface area contributed by atoms with Gasteiger partial charge in [-0.2, -0.15) is 0 Å². The van der Waals surface area contributed by atoms with Gasteiger partial charge in [-0.1, -0.05) is 6.92 Å². The SMILES string of the molecule is CCC(C)(C(=O)NC)C(=O)OC. The Bertz CT molecular complexity index is 173. The van der Waals surface area contributed by atoms with E-state index >= 15 is 0 Å². The van der Waals surface area contributed by atoms with Gasteiger partial charge < -0.3 is 10.1 Å². The van der Waals surface area contributed by atoms with Gasteiger partial charge in [-0.25, -0.2) is 0 Å². The summed E-state index contributed by atoms with van der Waals surface area (Å²) < 4.78 is 4.53. The van der Waals surface area contributed by atoms with Crippen molar-refractivity contribution >= 4 is 11.9 Å². The molecule has 4 heteroatoms. The van der Waals surface area contributed by atoms with E-state index in [0.29, 0.717) is 6.42 Å². The third kappa shape index (κ3) is 1.75. The van der Waals surface area contributed by atoms with E-state index < -0.39 is 11.4 Å². The molecule has 70 valence electrons. The molecule has 0 aromatic carbocycles. The highest BCUT2D eigenvalue weighted by atomic mass is 16.5. The van der Waals surface area contributed by atoms with Crippen LogP contribution in [0.3, 0.4) is 0 Å². The number of hydrogen-bond acceptors (Lipinski definition) is 3. The molecule has 1 N–H and O–H groups in total. The first-order valence-electron chi connectivity index (χ1n) is 3.83. The summed E-state index contributed by atoms with van der Waals surface area (Å²) >= 11 is 0. The molecule has 0 aliphatic heterocycles. The minimum atomic E-state index is -1.05.